The van der Waals surface area contributed by atoms with Crippen molar-refractivity contribution in [2.45, 2.75) is 79.1 Å². The third-order valence-electron chi connectivity index (χ3n) is 6.22. The van der Waals surface area contributed by atoms with Gasteiger partial charge in [0.2, 0.25) is 0 Å². The van der Waals surface area contributed by atoms with Crippen molar-refractivity contribution in [3.63, 3.8) is 0 Å². The highest BCUT2D eigenvalue weighted by Gasteiger charge is 2.32. The van der Waals surface area contributed by atoms with Gasteiger partial charge in [0.05, 0.1) is 0 Å². The van der Waals surface area contributed by atoms with Gasteiger partial charge in [-0.05, 0) is 69.1 Å². The van der Waals surface area contributed by atoms with E-state index in [1.54, 1.807) is 11.9 Å². The number of nitrogens with zero attached hydrogens (tertiary/aromatic N) is 1. The molecule has 0 fully saturated rings. The molecule has 1 aliphatic rings. The quantitative estimate of drug-likeness (QED) is 0.391. The van der Waals surface area contributed by atoms with E-state index in [-0.39, 0.29) is 17.8 Å². The molecule has 1 amide bonds. The number of hydrogen-bond acceptors (Lipinski definition) is 3. The van der Waals surface area contributed by atoms with E-state index in [9.17, 15) is 9.90 Å². The SMILES string of the molecule is CCCCCc1cc(O)c([C@@H]2C=C(C)CC[C@H]2C(C)C)c(OC(=O)N(C)CC)c1. The maximum Gasteiger partial charge on any atom is 0.414 e. The molecule has 0 saturated carbocycles. The summed E-state index contributed by atoms with van der Waals surface area (Å²) in [6.45, 7) is 11.3. The highest BCUT2D eigenvalue weighted by atomic mass is 16.6. The fourth-order valence-corrected chi connectivity index (χ4v) is 4.24. The molecule has 4 nitrogen and oxygen atoms in total. The summed E-state index contributed by atoms with van der Waals surface area (Å²) >= 11 is 0. The molecule has 4 heteroatoms. The van der Waals surface area contributed by atoms with E-state index in [1.165, 1.54) is 5.57 Å². The molecule has 2 atom stereocenters. The molecule has 0 saturated heterocycles. The van der Waals surface area contributed by atoms with Crippen molar-refractivity contribution in [1.29, 1.82) is 0 Å². The van der Waals surface area contributed by atoms with Crippen molar-refractivity contribution < 1.29 is 14.6 Å². The second-order valence-electron chi connectivity index (χ2n) is 8.85. The maximum absolute atomic E-state index is 12.5. The third kappa shape index (κ3) is 6.01. The predicted molar refractivity (Wildman–Crippen MR) is 120 cm³/mol. The molecule has 162 valence electrons. The van der Waals surface area contributed by atoms with Crippen LogP contribution in [0.2, 0.25) is 0 Å². The van der Waals surface area contributed by atoms with Crippen LogP contribution in [0.4, 0.5) is 4.79 Å². The van der Waals surface area contributed by atoms with Gasteiger partial charge < -0.3 is 14.7 Å². The molecule has 0 spiro atoms. The van der Waals surface area contributed by atoms with Gasteiger partial charge in [0, 0.05) is 25.1 Å². The Morgan fingerprint density at radius 1 is 1.28 bits per heavy atom. The first-order valence-corrected chi connectivity index (χ1v) is 11.2. The molecule has 2 rings (SSSR count). The van der Waals surface area contributed by atoms with Crippen LogP contribution in [-0.4, -0.2) is 29.7 Å². The maximum atomic E-state index is 12.5. The van der Waals surface area contributed by atoms with E-state index < -0.39 is 0 Å². The van der Waals surface area contributed by atoms with Gasteiger partial charge in [0.25, 0.3) is 0 Å². The Morgan fingerprint density at radius 3 is 2.62 bits per heavy atom. The smallest absolute Gasteiger partial charge is 0.414 e. The summed E-state index contributed by atoms with van der Waals surface area (Å²) in [6, 6.07) is 3.85. The van der Waals surface area contributed by atoms with Crippen LogP contribution in [0, 0.1) is 11.8 Å². The van der Waals surface area contributed by atoms with Crippen LogP contribution in [0.15, 0.2) is 23.8 Å². The van der Waals surface area contributed by atoms with Gasteiger partial charge in [-0.25, -0.2) is 4.79 Å². The van der Waals surface area contributed by atoms with Crippen LogP contribution < -0.4 is 4.74 Å². The first-order chi connectivity index (χ1) is 13.8. The lowest BCUT2D eigenvalue weighted by Crippen LogP contribution is -2.30. The van der Waals surface area contributed by atoms with Gasteiger partial charge in [-0.1, -0.05) is 45.3 Å². The van der Waals surface area contributed by atoms with Crippen molar-refractivity contribution in [2.24, 2.45) is 11.8 Å². The fourth-order valence-electron chi connectivity index (χ4n) is 4.24. The summed E-state index contributed by atoms with van der Waals surface area (Å²) in [5, 5.41) is 11.0. The number of ether oxygens (including phenoxy) is 1. The number of amides is 1. The number of hydrogen-bond donors (Lipinski definition) is 1. The van der Waals surface area contributed by atoms with Crippen LogP contribution in [0.3, 0.4) is 0 Å². The molecule has 1 aromatic carbocycles. The van der Waals surface area contributed by atoms with Gasteiger partial charge in [-0.3, -0.25) is 0 Å². The predicted octanol–water partition coefficient (Wildman–Crippen LogP) is 6.67. The Kier molecular flexibility index (Phi) is 8.60. The molecule has 1 N–H and O–H groups in total. The Hall–Kier alpha value is -1.97. The number of allylic oxidation sites excluding steroid dienone is 2. The molecule has 0 aliphatic heterocycles. The van der Waals surface area contributed by atoms with Gasteiger partial charge in [-0.15, -0.1) is 0 Å². The topological polar surface area (TPSA) is 49.8 Å². The van der Waals surface area contributed by atoms with Crippen LogP contribution in [-0.2, 0) is 6.42 Å². The zero-order valence-corrected chi connectivity index (χ0v) is 19.1. The third-order valence-corrected chi connectivity index (χ3v) is 6.22. The van der Waals surface area contributed by atoms with Crippen LogP contribution in [0.1, 0.15) is 83.8 Å². The standard InChI is InChI=1S/C25H39NO3/c1-7-9-10-11-19-15-22(27)24(23(16-19)29-25(28)26(6)8-2)21-14-18(5)12-13-20(21)17(3)4/h14-17,20-21,27H,7-13H2,1-6H3/t20-,21+/m0/s1. The van der Waals surface area contributed by atoms with Crippen LogP contribution in [0.25, 0.3) is 0 Å². The first-order valence-electron chi connectivity index (χ1n) is 11.2. The van der Waals surface area contributed by atoms with Crippen LogP contribution in [0.5, 0.6) is 11.5 Å². The Bertz CT molecular complexity index is 723. The number of carbonyl (C=O) groups is 1. The molecular formula is C25H39NO3. The minimum atomic E-state index is -0.378. The van der Waals surface area contributed by atoms with E-state index in [2.05, 4.69) is 33.8 Å². The van der Waals surface area contributed by atoms with Crippen molar-refractivity contribution in [3.8, 4) is 11.5 Å². The van der Waals surface area contributed by atoms with Crippen molar-refractivity contribution in [3.05, 3.63) is 34.9 Å². The summed E-state index contributed by atoms with van der Waals surface area (Å²) in [7, 11) is 1.73. The number of rotatable bonds is 8. The lowest BCUT2D eigenvalue weighted by Gasteiger charge is -2.34. The molecule has 29 heavy (non-hydrogen) atoms. The zero-order valence-electron chi connectivity index (χ0n) is 19.1. The molecule has 0 unspecified atom stereocenters. The summed E-state index contributed by atoms with van der Waals surface area (Å²) in [4.78, 5) is 14.1. The lowest BCUT2D eigenvalue weighted by molar-refractivity contribution is 0.164. The van der Waals surface area contributed by atoms with Crippen LogP contribution >= 0.6 is 0 Å². The lowest BCUT2D eigenvalue weighted by atomic mass is 9.71. The molecular weight excluding hydrogens is 362 g/mol. The molecule has 1 aliphatic carbocycles. The Morgan fingerprint density at radius 2 is 2.00 bits per heavy atom. The number of aromatic hydroxyl groups is 1. The van der Waals surface area contributed by atoms with Gasteiger partial charge in [0.15, 0.2) is 0 Å². The molecule has 0 aromatic heterocycles. The molecule has 0 radical (unpaired) electrons. The highest BCUT2D eigenvalue weighted by Crippen LogP contribution is 2.47. The number of unbranched alkanes of at least 4 members (excludes halogenated alkanes) is 2. The summed E-state index contributed by atoms with van der Waals surface area (Å²) in [5.41, 5.74) is 3.13. The zero-order chi connectivity index (χ0) is 21.6. The van der Waals surface area contributed by atoms with E-state index in [0.29, 0.717) is 24.1 Å². The number of phenols is 1. The summed E-state index contributed by atoms with van der Waals surface area (Å²) in [5.74, 6) is 1.72. The molecule has 0 heterocycles. The summed E-state index contributed by atoms with van der Waals surface area (Å²) in [6.07, 6.45) is 8.30. The highest BCUT2D eigenvalue weighted by molar-refractivity contribution is 5.71. The first kappa shape index (κ1) is 23.3. The van der Waals surface area contributed by atoms with Crippen molar-refractivity contribution >= 4 is 6.09 Å². The Labute approximate surface area is 176 Å². The number of carbonyl (C=O) groups excluding carboxylic acids is 1. The van der Waals surface area contributed by atoms with Gasteiger partial charge in [0.1, 0.15) is 11.5 Å². The van der Waals surface area contributed by atoms with Gasteiger partial charge >= 0.3 is 6.09 Å². The van der Waals surface area contributed by atoms with E-state index in [1.807, 2.05) is 19.1 Å². The molecule has 1 aromatic rings. The minimum absolute atomic E-state index is 0.0585. The second kappa shape index (κ2) is 10.7. The number of aryl methyl sites for hydroxylation is 1. The average molecular weight is 402 g/mol. The number of benzene rings is 1. The monoisotopic (exact) mass is 401 g/mol. The van der Waals surface area contributed by atoms with Gasteiger partial charge in [-0.2, -0.15) is 0 Å². The largest absolute Gasteiger partial charge is 0.507 e. The van der Waals surface area contributed by atoms with E-state index >= 15 is 0 Å². The van der Waals surface area contributed by atoms with Crippen molar-refractivity contribution in [2.75, 3.05) is 13.6 Å². The average Bonchev–Trinajstić information content (AvgIpc) is 2.67. The summed E-state index contributed by atoms with van der Waals surface area (Å²) < 4.78 is 5.84. The molecule has 0 bridgehead atoms. The normalized spacial score (nSPS) is 19.2. The number of phenolic OH excluding ortho intramolecular Hbond substituents is 1. The van der Waals surface area contributed by atoms with E-state index in [4.69, 9.17) is 4.74 Å². The Balaban J connectivity index is 2.50. The van der Waals surface area contributed by atoms with Crippen molar-refractivity contribution in [1.82, 2.24) is 4.90 Å². The fraction of sp³-hybridized carbons (Fsp3) is 0.640. The van der Waals surface area contributed by atoms with E-state index in [0.717, 1.165) is 49.7 Å². The second-order valence-corrected chi connectivity index (χ2v) is 8.85. The minimum Gasteiger partial charge on any atom is -0.507 e.